The molecule has 1 heterocycles. The first-order valence-electron chi connectivity index (χ1n) is 7.31. The lowest BCUT2D eigenvalue weighted by atomic mass is 10.1. The number of carbonyl (C=O) groups excluding carboxylic acids is 2. The molecule has 1 rings (SSSR count). The van der Waals surface area contributed by atoms with E-state index >= 15 is 0 Å². The second-order valence-corrected chi connectivity index (χ2v) is 6.02. The molecular formula is C15H25ClN2O3S. The maximum atomic E-state index is 12.1. The third-order valence-electron chi connectivity index (χ3n) is 3.22. The number of anilines is 1. The minimum Gasteiger partial charge on any atom is -0.462 e. The number of hydrogen-bond acceptors (Lipinski definition) is 5. The van der Waals surface area contributed by atoms with Gasteiger partial charge in [-0.25, -0.2) is 4.79 Å². The minimum absolute atomic E-state index is 0. The van der Waals surface area contributed by atoms with Gasteiger partial charge in [0.2, 0.25) is 5.91 Å². The number of halogens is 1. The summed E-state index contributed by atoms with van der Waals surface area (Å²) >= 11 is 1.40. The molecule has 0 aromatic carbocycles. The molecule has 1 atom stereocenters. The molecule has 0 aliphatic rings. The van der Waals surface area contributed by atoms with E-state index < -0.39 is 12.0 Å². The second-order valence-electron chi connectivity index (χ2n) is 4.80. The van der Waals surface area contributed by atoms with Gasteiger partial charge in [-0.05, 0) is 32.3 Å². The lowest BCUT2D eigenvalue weighted by Gasteiger charge is -2.11. The summed E-state index contributed by atoms with van der Waals surface area (Å²) in [6.07, 6.45) is 2.17. The number of carbonyl (C=O) groups is 2. The van der Waals surface area contributed by atoms with Crippen LogP contribution in [0.4, 0.5) is 5.00 Å². The topological polar surface area (TPSA) is 81.4 Å². The number of aryl methyl sites for hydroxylation is 1. The van der Waals surface area contributed by atoms with Crippen molar-refractivity contribution in [2.24, 2.45) is 5.73 Å². The van der Waals surface area contributed by atoms with Gasteiger partial charge < -0.3 is 15.8 Å². The summed E-state index contributed by atoms with van der Waals surface area (Å²) in [6.45, 7) is 7.96. The molecule has 5 nitrogen and oxygen atoms in total. The average molecular weight is 349 g/mol. The van der Waals surface area contributed by atoms with E-state index in [0.717, 1.165) is 16.9 Å². The van der Waals surface area contributed by atoms with Gasteiger partial charge in [0.25, 0.3) is 0 Å². The van der Waals surface area contributed by atoms with E-state index in [4.69, 9.17) is 10.5 Å². The van der Waals surface area contributed by atoms with Crippen LogP contribution in [-0.4, -0.2) is 24.5 Å². The van der Waals surface area contributed by atoms with Crippen LogP contribution < -0.4 is 11.1 Å². The zero-order valence-corrected chi connectivity index (χ0v) is 15.2. The van der Waals surface area contributed by atoms with Gasteiger partial charge in [-0.1, -0.05) is 20.3 Å². The zero-order chi connectivity index (χ0) is 16.0. The third-order valence-corrected chi connectivity index (χ3v) is 4.28. The third kappa shape index (κ3) is 4.97. The summed E-state index contributed by atoms with van der Waals surface area (Å²) in [5.74, 6) is -0.649. The number of hydrogen-bond donors (Lipinski definition) is 2. The Morgan fingerprint density at radius 2 is 1.95 bits per heavy atom. The van der Waals surface area contributed by atoms with Crippen LogP contribution in [0.15, 0.2) is 0 Å². The van der Waals surface area contributed by atoms with Crippen LogP contribution in [0.3, 0.4) is 0 Å². The molecule has 0 aliphatic heterocycles. The van der Waals surface area contributed by atoms with E-state index in [1.807, 2.05) is 20.8 Å². The molecular weight excluding hydrogens is 324 g/mol. The quantitative estimate of drug-likeness (QED) is 0.741. The van der Waals surface area contributed by atoms with Crippen molar-refractivity contribution in [2.75, 3.05) is 11.9 Å². The van der Waals surface area contributed by atoms with Crippen LogP contribution in [0.25, 0.3) is 0 Å². The first kappa shape index (κ1) is 20.9. The predicted molar refractivity (Wildman–Crippen MR) is 93.2 cm³/mol. The van der Waals surface area contributed by atoms with E-state index in [2.05, 4.69) is 5.32 Å². The number of thiophene rings is 1. The predicted octanol–water partition coefficient (Wildman–Crippen LogP) is 3.28. The fraction of sp³-hybridized carbons (Fsp3) is 0.600. The van der Waals surface area contributed by atoms with Crippen molar-refractivity contribution in [1.29, 1.82) is 0 Å². The Balaban J connectivity index is 0.00000441. The van der Waals surface area contributed by atoms with Crippen molar-refractivity contribution in [3.63, 3.8) is 0 Å². The van der Waals surface area contributed by atoms with Gasteiger partial charge in [0, 0.05) is 4.88 Å². The fourth-order valence-corrected chi connectivity index (χ4v) is 3.29. The highest BCUT2D eigenvalue weighted by Gasteiger charge is 2.24. The summed E-state index contributed by atoms with van der Waals surface area (Å²) in [7, 11) is 0. The average Bonchev–Trinajstić information content (AvgIpc) is 2.74. The summed E-state index contributed by atoms with van der Waals surface area (Å²) in [4.78, 5) is 25.2. The van der Waals surface area contributed by atoms with Crippen LogP contribution in [0.5, 0.6) is 0 Å². The van der Waals surface area contributed by atoms with Gasteiger partial charge in [0.1, 0.15) is 5.00 Å². The fourth-order valence-electron chi connectivity index (χ4n) is 2.16. The van der Waals surface area contributed by atoms with Crippen molar-refractivity contribution >= 4 is 40.6 Å². The zero-order valence-electron chi connectivity index (χ0n) is 13.5. The Bertz CT molecular complexity index is 517. The molecule has 7 heteroatoms. The summed E-state index contributed by atoms with van der Waals surface area (Å²) in [5.41, 5.74) is 7.21. The number of ether oxygens (including phenoxy) is 1. The van der Waals surface area contributed by atoms with E-state index in [1.165, 1.54) is 11.3 Å². The van der Waals surface area contributed by atoms with Crippen molar-refractivity contribution in [2.45, 2.75) is 53.0 Å². The molecule has 0 aliphatic carbocycles. The first-order valence-corrected chi connectivity index (χ1v) is 8.13. The molecule has 1 amide bonds. The van der Waals surface area contributed by atoms with E-state index in [1.54, 1.807) is 6.92 Å². The Morgan fingerprint density at radius 3 is 2.45 bits per heavy atom. The van der Waals surface area contributed by atoms with Crippen molar-refractivity contribution < 1.29 is 14.3 Å². The summed E-state index contributed by atoms with van der Waals surface area (Å²) < 4.78 is 5.10. The van der Waals surface area contributed by atoms with Crippen molar-refractivity contribution in [3.8, 4) is 0 Å². The molecule has 1 aromatic heterocycles. The number of esters is 1. The van der Waals surface area contributed by atoms with Crippen LogP contribution >= 0.6 is 23.7 Å². The Morgan fingerprint density at radius 1 is 1.32 bits per heavy atom. The van der Waals surface area contributed by atoms with E-state index in [-0.39, 0.29) is 18.3 Å². The van der Waals surface area contributed by atoms with Gasteiger partial charge in [-0.15, -0.1) is 23.7 Å². The number of amides is 1. The van der Waals surface area contributed by atoms with Crippen LogP contribution in [-0.2, 0) is 16.0 Å². The SMILES string of the molecule is CCCC(N)C(=O)Nc1sc(C)c(CC)c1C(=O)OCC.Cl. The molecule has 0 saturated heterocycles. The van der Waals surface area contributed by atoms with Crippen LogP contribution in [0, 0.1) is 6.92 Å². The van der Waals surface area contributed by atoms with Gasteiger partial charge in [-0.3, -0.25) is 4.79 Å². The molecule has 22 heavy (non-hydrogen) atoms. The maximum Gasteiger partial charge on any atom is 0.341 e. The molecule has 0 radical (unpaired) electrons. The molecule has 1 unspecified atom stereocenters. The highest BCUT2D eigenvalue weighted by molar-refractivity contribution is 7.16. The number of nitrogens with one attached hydrogen (secondary N) is 1. The molecule has 0 fully saturated rings. The molecule has 0 saturated carbocycles. The van der Waals surface area contributed by atoms with E-state index in [9.17, 15) is 9.59 Å². The Kier molecular flexibility index (Phi) is 9.32. The number of nitrogens with two attached hydrogens (primary N) is 1. The number of rotatable bonds is 7. The van der Waals surface area contributed by atoms with Crippen molar-refractivity contribution in [1.82, 2.24) is 0 Å². The Labute approximate surface area is 142 Å². The summed E-state index contributed by atoms with van der Waals surface area (Å²) in [6, 6.07) is -0.558. The van der Waals surface area contributed by atoms with Gasteiger partial charge in [0.05, 0.1) is 18.2 Å². The van der Waals surface area contributed by atoms with Gasteiger partial charge >= 0.3 is 5.97 Å². The van der Waals surface area contributed by atoms with E-state index in [0.29, 0.717) is 30.0 Å². The highest BCUT2D eigenvalue weighted by atomic mass is 35.5. The molecule has 0 bridgehead atoms. The van der Waals surface area contributed by atoms with Gasteiger partial charge in [0.15, 0.2) is 0 Å². The maximum absolute atomic E-state index is 12.1. The van der Waals surface area contributed by atoms with Crippen LogP contribution in [0.1, 0.15) is 54.4 Å². The first-order chi connectivity index (χ1) is 9.96. The smallest absolute Gasteiger partial charge is 0.341 e. The van der Waals surface area contributed by atoms with Gasteiger partial charge in [-0.2, -0.15) is 0 Å². The standard InChI is InChI=1S/C15H24N2O3S.ClH/c1-5-8-11(16)13(18)17-14-12(15(19)20-7-3)10(6-2)9(4)21-14;/h11H,5-8,16H2,1-4H3,(H,17,18);1H. The largest absolute Gasteiger partial charge is 0.462 e. The second kappa shape index (κ2) is 9.82. The lowest BCUT2D eigenvalue weighted by molar-refractivity contribution is -0.117. The Hall–Kier alpha value is -1.11. The minimum atomic E-state index is -0.558. The normalized spacial score (nSPS) is 11.5. The molecule has 0 spiro atoms. The highest BCUT2D eigenvalue weighted by Crippen LogP contribution is 2.34. The summed E-state index contributed by atoms with van der Waals surface area (Å²) in [5, 5.41) is 3.32. The molecule has 3 N–H and O–H groups in total. The lowest BCUT2D eigenvalue weighted by Crippen LogP contribution is -2.35. The molecule has 1 aromatic rings. The molecule has 126 valence electrons. The van der Waals surface area contributed by atoms with Crippen LogP contribution in [0.2, 0.25) is 0 Å². The van der Waals surface area contributed by atoms with Crippen molar-refractivity contribution in [3.05, 3.63) is 16.0 Å². The monoisotopic (exact) mass is 348 g/mol.